The van der Waals surface area contributed by atoms with Crippen LogP contribution >= 0.6 is 0 Å². The smallest absolute Gasteiger partial charge is 0.137 e. The van der Waals surface area contributed by atoms with Crippen LogP contribution in [0, 0.1) is 0 Å². The van der Waals surface area contributed by atoms with Crippen molar-refractivity contribution in [1.82, 2.24) is 0 Å². The summed E-state index contributed by atoms with van der Waals surface area (Å²) >= 11 is 0. The van der Waals surface area contributed by atoms with Crippen molar-refractivity contribution in [2.24, 2.45) is 0 Å². The lowest BCUT2D eigenvalue weighted by Crippen LogP contribution is -1.87. The third-order valence-corrected chi connectivity index (χ3v) is 2.06. The van der Waals surface area contributed by atoms with E-state index in [0.29, 0.717) is 16.5 Å². The lowest BCUT2D eigenvalue weighted by atomic mass is 10.1. The molecule has 0 fully saturated rings. The van der Waals surface area contributed by atoms with Crippen LogP contribution in [0.15, 0.2) is 28.9 Å². The van der Waals surface area contributed by atoms with Gasteiger partial charge < -0.3 is 14.6 Å². The summed E-state index contributed by atoms with van der Waals surface area (Å²) in [6, 6.07) is 5.03. The molecule has 13 heavy (non-hydrogen) atoms. The minimum absolute atomic E-state index is 0.141. The van der Waals surface area contributed by atoms with Gasteiger partial charge in [-0.1, -0.05) is 6.07 Å². The van der Waals surface area contributed by atoms with Gasteiger partial charge in [0.15, 0.2) is 0 Å². The van der Waals surface area contributed by atoms with E-state index in [1.807, 2.05) is 0 Å². The fraction of sp³-hybridized carbons (Fsp3) is 0.200. The Morgan fingerprint density at radius 2 is 2.15 bits per heavy atom. The number of hydrogen-bond donors (Lipinski definition) is 2. The van der Waals surface area contributed by atoms with Gasteiger partial charge in [-0.3, -0.25) is 0 Å². The number of aromatic hydroxyl groups is 1. The second kappa shape index (κ2) is 2.78. The number of fused-ring (bicyclic) bond motifs is 1. The molecule has 0 aliphatic rings. The highest BCUT2D eigenvalue weighted by molar-refractivity contribution is 5.87. The molecule has 1 heterocycles. The van der Waals surface area contributed by atoms with Crippen LogP contribution in [0.4, 0.5) is 0 Å². The maximum atomic E-state index is 9.52. The lowest BCUT2D eigenvalue weighted by molar-refractivity contribution is 0.199. The van der Waals surface area contributed by atoms with Crippen LogP contribution in [0.3, 0.4) is 0 Å². The van der Waals surface area contributed by atoms with Gasteiger partial charge in [-0.25, -0.2) is 0 Å². The quantitative estimate of drug-likeness (QED) is 0.703. The van der Waals surface area contributed by atoms with Gasteiger partial charge in [0.25, 0.3) is 0 Å². The van der Waals surface area contributed by atoms with Crippen LogP contribution in [0.5, 0.6) is 5.75 Å². The third-order valence-electron chi connectivity index (χ3n) is 2.06. The molecule has 1 aromatic heterocycles. The highest BCUT2D eigenvalue weighted by atomic mass is 16.3. The molecule has 0 radical (unpaired) electrons. The number of furan rings is 1. The average Bonchev–Trinajstić information content (AvgIpc) is 2.49. The molecule has 1 atom stereocenters. The molecule has 0 saturated carbocycles. The van der Waals surface area contributed by atoms with E-state index in [0.717, 1.165) is 0 Å². The largest absolute Gasteiger partial charge is 0.507 e. The van der Waals surface area contributed by atoms with Gasteiger partial charge in [-0.05, 0) is 19.1 Å². The van der Waals surface area contributed by atoms with Crippen LogP contribution in [0.25, 0.3) is 11.0 Å². The number of benzene rings is 1. The Kier molecular flexibility index (Phi) is 1.74. The number of aliphatic hydroxyl groups excluding tert-OH is 1. The van der Waals surface area contributed by atoms with E-state index < -0.39 is 6.10 Å². The van der Waals surface area contributed by atoms with Crippen molar-refractivity contribution in [3.05, 3.63) is 30.0 Å². The molecule has 2 aromatic rings. The van der Waals surface area contributed by atoms with Crippen LogP contribution < -0.4 is 0 Å². The highest BCUT2D eigenvalue weighted by Crippen LogP contribution is 2.32. The SMILES string of the molecule is CC(O)c1coc2cccc(O)c12. The molecule has 0 aliphatic carbocycles. The van der Waals surface area contributed by atoms with Crippen molar-refractivity contribution in [3.8, 4) is 5.75 Å². The van der Waals surface area contributed by atoms with Gasteiger partial charge in [0.2, 0.25) is 0 Å². The molecule has 0 bridgehead atoms. The van der Waals surface area contributed by atoms with Crippen molar-refractivity contribution >= 4 is 11.0 Å². The van der Waals surface area contributed by atoms with Gasteiger partial charge >= 0.3 is 0 Å². The first-order chi connectivity index (χ1) is 6.20. The number of rotatable bonds is 1. The second-order valence-corrected chi connectivity index (χ2v) is 3.02. The number of phenols is 1. The van der Waals surface area contributed by atoms with Gasteiger partial charge in [0.05, 0.1) is 17.8 Å². The van der Waals surface area contributed by atoms with Crippen LogP contribution in [-0.4, -0.2) is 10.2 Å². The summed E-state index contributed by atoms with van der Waals surface area (Å²) in [4.78, 5) is 0. The first-order valence-electron chi connectivity index (χ1n) is 4.07. The average molecular weight is 178 g/mol. The van der Waals surface area contributed by atoms with Crippen molar-refractivity contribution in [3.63, 3.8) is 0 Å². The molecule has 0 spiro atoms. The number of hydrogen-bond acceptors (Lipinski definition) is 3. The molecule has 2 N–H and O–H groups in total. The molecule has 3 nitrogen and oxygen atoms in total. The Bertz CT molecular complexity index is 429. The Morgan fingerprint density at radius 1 is 1.38 bits per heavy atom. The zero-order chi connectivity index (χ0) is 9.42. The van der Waals surface area contributed by atoms with Crippen LogP contribution in [0.1, 0.15) is 18.6 Å². The minimum atomic E-state index is -0.630. The van der Waals surface area contributed by atoms with E-state index in [9.17, 15) is 10.2 Å². The Morgan fingerprint density at radius 3 is 2.85 bits per heavy atom. The van der Waals surface area contributed by atoms with Gasteiger partial charge in [-0.2, -0.15) is 0 Å². The molecule has 1 unspecified atom stereocenters. The van der Waals surface area contributed by atoms with Crippen molar-refractivity contribution < 1.29 is 14.6 Å². The lowest BCUT2D eigenvalue weighted by Gasteiger charge is -2.01. The Labute approximate surface area is 75.2 Å². The molecule has 68 valence electrons. The summed E-state index contributed by atoms with van der Waals surface area (Å²) in [5, 5.41) is 19.5. The van der Waals surface area contributed by atoms with E-state index in [2.05, 4.69) is 0 Å². The summed E-state index contributed by atoms with van der Waals surface area (Å²) < 4.78 is 5.17. The summed E-state index contributed by atoms with van der Waals surface area (Å²) in [7, 11) is 0. The summed E-state index contributed by atoms with van der Waals surface area (Å²) in [6.07, 6.45) is 0.837. The third kappa shape index (κ3) is 1.17. The topological polar surface area (TPSA) is 53.6 Å². The number of phenolic OH excluding ortho intramolecular Hbond substituents is 1. The molecule has 2 rings (SSSR count). The molecular weight excluding hydrogens is 168 g/mol. The Balaban J connectivity index is 2.79. The zero-order valence-electron chi connectivity index (χ0n) is 7.19. The first kappa shape index (κ1) is 8.13. The fourth-order valence-electron chi connectivity index (χ4n) is 1.40. The standard InChI is InChI=1S/C10H10O3/c1-6(11)7-5-13-9-4-2-3-8(12)10(7)9/h2-6,11-12H,1H3. The highest BCUT2D eigenvalue weighted by Gasteiger charge is 2.13. The van der Waals surface area contributed by atoms with Crippen LogP contribution in [0.2, 0.25) is 0 Å². The summed E-state index contributed by atoms with van der Waals surface area (Å²) in [5.41, 5.74) is 1.21. The summed E-state index contributed by atoms with van der Waals surface area (Å²) in [6.45, 7) is 1.64. The van der Waals surface area contributed by atoms with Crippen molar-refractivity contribution in [2.45, 2.75) is 13.0 Å². The molecule has 1 aromatic carbocycles. The number of aliphatic hydroxyl groups is 1. The first-order valence-corrected chi connectivity index (χ1v) is 4.07. The van der Waals surface area contributed by atoms with E-state index in [4.69, 9.17) is 4.42 Å². The van der Waals surface area contributed by atoms with E-state index in [1.54, 1.807) is 25.1 Å². The molecule has 0 amide bonds. The predicted octanol–water partition coefficient (Wildman–Crippen LogP) is 2.19. The van der Waals surface area contributed by atoms with E-state index in [-0.39, 0.29) is 5.75 Å². The molecule has 3 heteroatoms. The second-order valence-electron chi connectivity index (χ2n) is 3.02. The monoisotopic (exact) mass is 178 g/mol. The molecular formula is C10H10O3. The van der Waals surface area contributed by atoms with Gasteiger partial charge in [0, 0.05) is 5.56 Å². The van der Waals surface area contributed by atoms with Crippen molar-refractivity contribution in [1.29, 1.82) is 0 Å². The molecule has 0 saturated heterocycles. The zero-order valence-corrected chi connectivity index (χ0v) is 7.19. The fourth-order valence-corrected chi connectivity index (χ4v) is 1.40. The van der Waals surface area contributed by atoms with Crippen LogP contribution in [-0.2, 0) is 0 Å². The normalized spacial score (nSPS) is 13.4. The van der Waals surface area contributed by atoms with Gasteiger partial charge in [-0.15, -0.1) is 0 Å². The maximum absolute atomic E-state index is 9.52. The molecule has 0 aliphatic heterocycles. The van der Waals surface area contributed by atoms with Crippen molar-refractivity contribution in [2.75, 3.05) is 0 Å². The van der Waals surface area contributed by atoms with E-state index >= 15 is 0 Å². The maximum Gasteiger partial charge on any atom is 0.137 e. The predicted molar refractivity (Wildman–Crippen MR) is 48.5 cm³/mol. The van der Waals surface area contributed by atoms with Gasteiger partial charge in [0.1, 0.15) is 11.3 Å². The minimum Gasteiger partial charge on any atom is -0.507 e. The Hall–Kier alpha value is -1.48. The summed E-state index contributed by atoms with van der Waals surface area (Å²) in [5.74, 6) is 0.141. The van der Waals surface area contributed by atoms with E-state index in [1.165, 1.54) is 6.26 Å².